The molecule has 0 spiro atoms. The van der Waals surface area contributed by atoms with Gasteiger partial charge in [-0.1, -0.05) is 19.9 Å². The van der Waals surface area contributed by atoms with Gasteiger partial charge < -0.3 is 5.32 Å². The van der Waals surface area contributed by atoms with Gasteiger partial charge >= 0.3 is 0 Å². The highest BCUT2D eigenvalue weighted by Gasteiger charge is 2.18. The second-order valence-electron chi connectivity index (χ2n) is 3.94. The van der Waals surface area contributed by atoms with E-state index in [1.54, 1.807) is 13.0 Å². The van der Waals surface area contributed by atoms with Crippen LogP contribution < -0.4 is 10.0 Å². The van der Waals surface area contributed by atoms with Crippen LogP contribution in [0.5, 0.6) is 0 Å². The Labute approximate surface area is 108 Å². The third-order valence-electron chi connectivity index (χ3n) is 2.38. The average molecular weight is 274 g/mol. The van der Waals surface area contributed by atoms with Crippen LogP contribution >= 0.6 is 0 Å². The number of nitrogens with one attached hydrogen (secondary N) is 2. The van der Waals surface area contributed by atoms with Crippen molar-refractivity contribution >= 4 is 10.0 Å². The first-order valence-electron chi connectivity index (χ1n) is 6.00. The van der Waals surface area contributed by atoms with Gasteiger partial charge in [-0.05, 0) is 30.7 Å². The maximum absolute atomic E-state index is 13.5. The van der Waals surface area contributed by atoms with Crippen molar-refractivity contribution in [3.8, 4) is 0 Å². The Morgan fingerprint density at radius 3 is 2.61 bits per heavy atom. The molecule has 1 aromatic rings. The molecule has 102 valence electrons. The maximum atomic E-state index is 13.5. The Bertz CT molecular complexity index is 489. The Balaban J connectivity index is 2.94. The Morgan fingerprint density at radius 1 is 1.28 bits per heavy atom. The van der Waals surface area contributed by atoms with Crippen LogP contribution in [0.3, 0.4) is 0 Å². The van der Waals surface area contributed by atoms with E-state index in [-0.39, 0.29) is 11.4 Å². The van der Waals surface area contributed by atoms with Crippen LogP contribution in [0.1, 0.15) is 25.8 Å². The molecule has 0 aromatic heterocycles. The van der Waals surface area contributed by atoms with Crippen LogP contribution in [0, 0.1) is 5.82 Å². The highest BCUT2D eigenvalue weighted by Crippen LogP contribution is 2.16. The highest BCUT2D eigenvalue weighted by atomic mass is 32.2. The van der Waals surface area contributed by atoms with Gasteiger partial charge in [-0.2, -0.15) is 0 Å². The smallest absolute Gasteiger partial charge is 0.243 e. The number of sulfonamides is 1. The molecule has 0 saturated heterocycles. The third-order valence-corrected chi connectivity index (χ3v) is 3.94. The lowest BCUT2D eigenvalue weighted by atomic mass is 10.2. The van der Waals surface area contributed by atoms with Gasteiger partial charge in [0, 0.05) is 13.1 Å². The van der Waals surface area contributed by atoms with Gasteiger partial charge in [-0.15, -0.1) is 0 Å². The van der Waals surface area contributed by atoms with E-state index in [0.29, 0.717) is 6.54 Å². The Morgan fingerprint density at radius 2 is 2.00 bits per heavy atom. The van der Waals surface area contributed by atoms with E-state index in [9.17, 15) is 12.8 Å². The SMILES string of the molecule is CCCNCc1ccc(F)c(S(=O)(=O)NCC)c1. The summed E-state index contributed by atoms with van der Waals surface area (Å²) in [6.07, 6.45) is 0.990. The summed E-state index contributed by atoms with van der Waals surface area (Å²) in [5.74, 6) is -0.727. The number of benzene rings is 1. The molecule has 0 saturated carbocycles. The first-order chi connectivity index (χ1) is 8.51. The van der Waals surface area contributed by atoms with Crippen LogP contribution in [0.4, 0.5) is 4.39 Å². The van der Waals surface area contributed by atoms with Crippen LogP contribution in [0.15, 0.2) is 23.1 Å². The zero-order valence-corrected chi connectivity index (χ0v) is 11.5. The van der Waals surface area contributed by atoms with Crippen LogP contribution in [0.25, 0.3) is 0 Å². The summed E-state index contributed by atoms with van der Waals surface area (Å²) in [4.78, 5) is -0.292. The van der Waals surface area contributed by atoms with Gasteiger partial charge in [-0.3, -0.25) is 0 Å². The topological polar surface area (TPSA) is 58.2 Å². The molecule has 2 N–H and O–H groups in total. The summed E-state index contributed by atoms with van der Waals surface area (Å²) in [5, 5.41) is 3.14. The van der Waals surface area contributed by atoms with Gasteiger partial charge in [-0.25, -0.2) is 17.5 Å². The van der Waals surface area contributed by atoms with E-state index in [2.05, 4.69) is 10.0 Å². The highest BCUT2D eigenvalue weighted by molar-refractivity contribution is 7.89. The maximum Gasteiger partial charge on any atom is 0.243 e. The molecule has 0 heterocycles. The first-order valence-corrected chi connectivity index (χ1v) is 7.48. The van der Waals surface area contributed by atoms with E-state index < -0.39 is 15.8 Å². The van der Waals surface area contributed by atoms with Crippen LogP contribution in [-0.2, 0) is 16.6 Å². The third kappa shape index (κ3) is 4.04. The Hall–Kier alpha value is -0.980. The number of halogens is 1. The van der Waals surface area contributed by atoms with Gasteiger partial charge in [0.2, 0.25) is 10.0 Å². The van der Waals surface area contributed by atoms with Crippen molar-refractivity contribution in [3.05, 3.63) is 29.6 Å². The minimum Gasteiger partial charge on any atom is -0.313 e. The molecule has 0 unspecified atom stereocenters. The summed E-state index contributed by atoms with van der Waals surface area (Å²) >= 11 is 0. The summed E-state index contributed by atoms with van der Waals surface area (Å²) in [5.41, 5.74) is 0.751. The standard InChI is InChI=1S/C12H19FN2O2S/c1-3-7-14-9-10-5-6-11(13)12(8-10)18(16,17)15-4-2/h5-6,8,14-15H,3-4,7,9H2,1-2H3. The molecule has 0 atom stereocenters. The van der Waals surface area contributed by atoms with E-state index >= 15 is 0 Å². The second-order valence-corrected chi connectivity index (χ2v) is 5.68. The molecule has 6 heteroatoms. The molecule has 0 bridgehead atoms. The quantitative estimate of drug-likeness (QED) is 0.743. The summed E-state index contributed by atoms with van der Waals surface area (Å²) in [6, 6.07) is 4.14. The van der Waals surface area contributed by atoms with Crippen LogP contribution in [0.2, 0.25) is 0 Å². The predicted molar refractivity (Wildman–Crippen MR) is 69.3 cm³/mol. The summed E-state index contributed by atoms with van der Waals surface area (Å²) in [6.45, 7) is 5.30. The Kier molecular flexibility index (Phi) is 5.71. The average Bonchev–Trinajstić information content (AvgIpc) is 2.31. The number of rotatable bonds is 7. The summed E-state index contributed by atoms with van der Waals surface area (Å²) < 4.78 is 39.4. The molecule has 0 aliphatic rings. The molecule has 1 aromatic carbocycles. The lowest BCUT2D eigenvalue weighted by Gasteiger charge is -2.09. The first kappa shape index (κ1) is 15.1. The lowest BCUT2D eigenvalue weighted by Crippen LogP contribution is -2.24. The van der Waals surface area contributed by atoms with Gasteiger partial charge in [0.15, 0.2) is 0 Å². The number of hydrogen-bond donors (Lipinski definition) is 2. The normalized spacial score (nSPS) is 11.7. The minimum absolute atomic E-state index is 0.236. The molecule has 0 aliphatic carbocycles. The lowest BCUT2D eigenvalue weighted by molar-refractivity contribution is 0.557. The van der Waals surface area contributed by atoms with Gasteiger partial charge in [0.25, 0.3) is 0 Å². The zero-order valence-electron chi connectivity index (χ0n) is 10.7. The van der Waals surface area contributed by atoms with Crippen molar-refractivity contribution < 1.29 is 12.8 Å². The monoisotopic (exact) mass is 274 g/mol. The molecule has 0 radical (unpaired) electrons. The fourth-order valence-corrected chi connectivity index (χ4v) is 2.71. The van der Waals surface area contributed by atoms with Crippen molar-refractivity contribution in [2.24, 2.45) is 0 Å². The van der Waals surface area contributed by atoms with Gasteiger partial charge in [0.1, 0.15) is 10.7 Å². The largest absolute Gasteiger partial charge is 0.313 e. The van der Waals surface area contributed by atoms with Crippen molar-refractivity contribution in [2.45, 2.75) is 31.7 Å². The fraction of sp³-hybridized carbons (Fsp3) is 0.500. The van der Waals surface area contributed by atoms with Crippen molar-refractivity contribution in [1.29, 1.82) is 0 Å². The zero-order chi connectivity index (χ0) is 13.6. The molecule has 0 amide bonds. The molecule has 4 nitrogen and oxygen atoms in total. The van der Waals surface area contributed by atoms with E-state index in [1.807, 2.05) is 6.92 Å². The summed E-state index contributed by atoms with van der Waals surface area (Å²) in [7, 11) is -3.75. The van der Waals surface area contributed by atoms with Crippen molar-refractivity contribution in [3.63, 3.8) is 0 Å². The predicted octanol–water partition coefficient (Wildman–Crippen LogP) is 1.62. The molecule has 18 heavy (non-hydrogen) atoms. The fourth-order valence-electron chi connectivity index (χ4n) is 1.54. The number of hydrogen-bond acceptors (Lipinski definition) is 3. The molecule has 0 fully saturated rings. The molecular formula is C12H19FN2O2S. The van der Waals surface area contributed by atoms with E-state index in [1.165, 1.54) is 12.1 Å². The molecular weight excluding hydrogens is 255 g/mol. The second kappa shape index (κ2) is 6.82. The van der Waals surface area contributed by atoms with Crippen molar-refractivity contribution in [2.75, 3.05) is 13.1 Å². The van der Waals surface area contributed by atoms with E-state index in [0.717, 1.165) is 18.5 Å². The minimum atomic E-state index is -3.75. The van der Waals surface area contributed by atoms with Gasteiger partial charge in [0.05, 0.1) is 0 Å². The molecule has 1 rings (SSSR count). The molecule has 0 aliphatic heterocycles. The van der Waals surface area contributed by atoms with E-state index in [4.69, 9.17) is 0 Å². The van der Waals surface area contributed by atoms with Crippen LogP contribution in [-0.4, -0.2) is 21.5 Å². The van der Waals surface area contributed by atoms with Crippen molar-refractivity contribution in [1.82, 2.24) is 10.0 Å².